The summed E-state index contributed by atoms with van der Waals surface area (Å²) < 4.78 is 8.76. The molecule has 0 unspecified atom stereocenters. The number of nitrogens with one attached hydrogen (secondary N) is 1. The van der Waals surface area contributed by atoms with Gasteiger partial charge in [-0.3, -0.25) is 4.57 Å². The Kier molecular flexibility index (Phi) is 2.72. The number of aromatic amines is 1. The Labute approximate surface area is 128 Å². The minimum atomic E-state index is 0.476. The summed E-state index contributed by atoms with van der Waals surface area (Å²) in [4.78, 5) is 15.8. The highest BCUT2D eigenvalue weighted by Crippen LogP contribution is 2.26. The number of methoxy groups -OCH3 is 1. The number of nitrogens with zero attached hydrogens (tertiary/aromatic N) is 4. The molecule has 21 heavy (non-hydrogen) atoms. The van der Waals surface area contributed by atoms with E-state index in [0.29, 0.717) is 21.8 Å². The van der Waals surface area contributed by atoms with E-state index in [-0.39, 0.29) is 0 Å². The van der Waals surface area contributed by atoms with Gasteiger partial charge in [0.25, 0.3) is 0 Å². The monoisotopic (exact) mass is 315 g/mol. The van der Waals surface area contributed by atoms with Crippen molar-refractivity contribution in [2.45, 2.75) is 0 Å². The van der Waals surface area contributed by atoms with E-state index in [4.69, 9.17) is 17.0 Å². The predicted molar refractivity (Wildman–Crippen MR) is 83.8 cm³/mol. The van der Waals surface area contributed by atoms with Gasteiger partial charge >= 0.3 is 0 Å². The molecule has 0 aliphatic carbocycles. The van der Waals surface area contributed by atoms with Gasteiger partial charge in [-0.05, 0) is 30.4 Å². The first-order valence-electron chi connectivity index (χ1n) is 6.11. The van der Waals surface area contributed by atoms with Gasteiger partial charge in [-0.1, -0.05) is 0 Å². The fourth-order valence-corrected chi connectivity index (χ4v) is 3.28. The molecule has 0 atom stereocenters. The SMILES string of the molecule is COc1ncnc2c1[nH]c(=S)n2-c1ccc2ncsc2c1. The molecule has 4 rings (SSSR count). The van der Waals surface area contributed by atoms with Crippen molar-refractivity contribution in [2.75, 3.05) is 7.11 Å². The highest BCUT2D eigenvalue weighted by Gasteiger charge is 2.13. The molecule has 0 aliphatic rings. The second-order valence-corrected chi connectivity index (χ2v) is 5.62. The maximum Gasteiger partial charge on any atom is 0.242 e. The van der Waals surface area contributed by atoms with Crippen molar-refractivity contribution in [1.82, 2.24) is 24.5 Å². The molecule has 0 spiro atoms. The van der Waals surface area contributed by atoms with Gasteiger partial charge in [0.2, 0.25) is 5.88 Å². The molecule has 1 aromatic carbocycles. The number of H-pyrrole nitrogens is 1. The number of hydrogen-bond donors (Lipinski definition) is 1. The number of imidazole rings is 1. The van der Waals surface area contributed by atoms with Crippen molar-refractivity contribution in [3.63, 3.8) is 0 Å². The van der Waals surface area contributed by atoms with Crippen LogP contribution in [-0.4, -0.2) is 31.6 Å². The summed E-state index contributed by atoms with van der Waals surface area (Å²) in [5, 5.41) is 0. The lowest BCUT2D eigenvalue weighted by Gasteiger charge is -2.04. The number of hydrogen-bond acceptors (Lipinski definition) is 6. The summed E-state index contributed by atoms with van der Waals surface area (Å²) in [7, 11) is 1.57. The van der Waals surface area contributed by atoms with Crippen LogP contribution in [0.25, 0.3) is 27.1 Å². The molecular weight excluding hydrogens is 306 g/mol. The first kappa shape index (κ1) is 12.4. The van der Waals surface area contributed by atoms with E-state index < -0.39 is 0 Å². The van der Waals surface area contributed by atoms with Crippen LogP contribution in [0.4, 0.5) is 0 Å². The Hall–Kier alpha value is -2.32. The van der Waals surface area contributed by atoms with Crippen LogP contribution in [0.5, 0.6) is 5.88 Å². The summed E-state index contributed by atoms with van der Waals surface area (Å²) >= 11 is 7.01. The first-order chi connectivity index (χ1) is 10.3. The minimum absolute atomic E-state index is 0.476. The van der Waals surface area contributed by atoms with Crippen molar-refractivity contribution >= 4 is 44.9 Å². The van der Waals surface area contributed by atoms with Gasteiger partial charge in [0.1, 0.15) is 11.8 Å². The van der Waals surface area contributed by atoms with Crippen molar-refractivity contribution in [3.8, 4) is 11.6 Å². The van der Waals surface area contributed by atoms with Gasteiger partial charge in [0.15, 0.2) is 10.4 Å². The van der Waals surface area contributed by atoms with Crippen LogP contribution >= 0.6 is 23.6 Å². The lowest BCUT2D eigenvalue weighted by molar-refractivity contribution is 0.401. The molecule has 3 aromatic heterocycles. The van der Waals surface area contributed by atoms with E-state index in [0.717, 1.165) is 15.9 Å². The Balaban J connectivity index is 2.05. The molecule has 8 heteroatoms. The Morgan fingerprint density at radius 3 is 3.05 bits per heavy atom. The number of rotatable bonds is 2. The van der Waals surface area contributed by atoms with Crippen LogP contribution in [0.15, 0.2) is 30.0 Å². The first-order valence-corrected chi connectivity index (χ1v) is 7.40. The van der Waals surface area contributed by atoms with Crippen LogP contribution in [0, 0.1) is 4.77 Å². The molecule has 0 fully saturated rings. The molecule has 0 aliphatic heterocycles. The van der Waals surface area contributed by atoms with E-state index in [1.165, 1.54) is 6.33 Å². The fraction of sp³-hybridized carbons (Fsp3) is 0.0769. The van der Waals surface area contributed by atoms with E-state index in [2.05, 4.69) is 19.9 Å². The Bertz CT molecular complexity index is 1020. The predicted octanol–water partition coefficient (Wildman–Crippen LogP) is 3.10. The van der Waals surface area contributed by atoms with Gasteiger partial charge in [0, 0.05) is 0 Å². The molecule has 6 nitrogen and oxygen atoms in total. The van der Waals surface area contributed by atoms with Gasteiger partial charge in [-0.15, -0.1) is 11.3 Å². The number of aromatic nitrogens is 5. The molecular formula is C13H9N5OS2. The highest BCUT2D eigenvalue weighted by molar-refractivity contribution is 7.71. The molecule has 0 amide bonds. The zero-order chi connectivity index (χ0) is 14.4. The van der Waals surface area contributed by atoms with Crippen LogP contribution in [0.2, 0.25) is 0 Å². The topological polar surface area (TPSA) is 68.6 Å². The summed E-state index contributed by atoms with van der Waals surface area (Å²) in [6.45, 7) is 0. The summed E-state index contributed by atoms with van der Waals surface area (Å²) in [5.41, 5.74) is 5.12. The standard InChI is InChI=1S/C13H9N5OS2/c1-19-12-10-11(14-5-15-12)18(13(20)17-10)7-2-3-8-9(4-7)21-6-16-8/h2-6H,1H3,(H,17,20). The number of ether oxygens (including phenoxy) is 1. The molecule has 0 saturated carbocycles. The second kappa shape index (κ2) is 4.61. The van der Waals surface area contributed by atoms with Crippen LogP contribution in [-0.2, 0) is 0 Å². The molecule has 4 aromatic rings. The third-order valence-electron chi connectivity index (χ3n) is 3.21. The van der Waals surface area contributed by atoms with E-state index >= 15 is 0 Å². The molecule has 3 heterocycles. The normalized spacial score (nSPS) is 11.3. The second-order valence-electron chi connectivity index (χ2n) is 4.35. The van der Waals surface area contributed by atoms with Crippen LogP contribution in [0.3, 0.4) is 0 Å². The van der Waals surface area contributed by atoms with Gasteiger partial charge < -0.3 is 9.72 Å². The molecule has 104 valence electrons. The van der Waals surface area contributed by atoms with Crippen molar-refractivity contribution in [1.29, 1.82) is 0 Å². The van der Waals surface area contributed by atoms with E-state index in [1.54, 1.807) is 18.4 Å². The highest BCUT2D eigenvalue weighted by atomic mass is 32.1. The van der Waals surface area contributed by atoms with E-state index in [1.807, 2.05) is 28.3 Å². The van der Waals surface area contributed by atoms with E-state index in [9.17, 15) is 0 Å². The van der Waals surface area contributed by atoms with Crippen LogP contribution < -0.4 is 4.74 Å². The lowest BCUT2D eigenvalue weighted by atomic mass is 10.3. The van der Waals surface area contributed by atoms with Gasteiger partial charge in [0.05, 0.1) is 28.5 Å². The molecule has 1 N–H and O–H groups in total. The Morgan fingerprint density at radius 2 is 2.19 bits per heavy atom. The number of thiazole rings is 1. The minimum Gasteiger partial charge on any atom is -0.479 e. The third-order valence-corrected chi connectivity index (χ3v) is 4.28. The fourth-order valence-electron chi connectivity index (χ4n) is 2.28. The largest absolute Gasteiger partial charge is 0.479 e. The van der Waals surface area contributed by atoms with Crippen LogP contribution in [0.1, 0.15) is 0 Å². The van der Waals surface area contributed by atoms with Gasteiger partial charge in [-0.2, -0.15) is 4.98 Å². The number of benzene rings is 1. The quantitative estimate of drug-likeness (QED) is 0.576. The Morgan fingerprint density at radius 1 is 1.29 bits per heavy atom. The smallest absolute Gasteiger partial charge is 0.242 e. The summed E-state index contributed by atoms with van der Waals surface area (Å²) in [6.07, 6.45) is 1.46. The zero-order valence-corrected chi connectivity index (χ0v) is 12.5. The zero-order valence-electron chi connectivity index (χ0n) is 10.9. The third kappa shape index (κ3) is 1.83. The maximum atomic E-state index is 5.42. The van der Waals surface area contributed by atoms with Gasteiger partial charge in [-0.25, -0.2) is 9.97 Å². The van der Waals surface area contributed by atoms with Crippen molar-refractivity contribution < 1.29 is 4.74 Å². The molecule has 0 bridgehead atoms. The van der Waals surface area contributed by atoms with Crippen molar-refractivity contribution in [3.05, 3.63) is 34.8 Å². The lowest BCUT2D eigenvalue weighted by Crippen LogP contribution is -1.96. The maximum absolute atomic E-state index is 5.42. The number of fused-ring (bicyclic) bond motifs is 2. The van der Waals surface area contributed by atoms with Crippen molar-refractivity contribution in [2.24, 2.45) is 0 Å². The average molecular weight is 315 g/mol. The summed E-state index contributed by atoms with van der Waals surface area (Å²) in [5.74, 6) is 0.476. The average Bonchev–Trinajstić information content (AvgIpc) is 3.08. The summed E-state index contributed by atoms with van der Waals surface area (Å²) in [6, 6.07) is 5.99. The molecule has 0 radical (unpaired) electrons. The molecule has 0 saturated heterocycles.